The van der Waals surface area contributed by atoms with Crippen LogP contribution in [0.15, 0.2) is 30.3 Å². The SMILES string of the molecule is CC1CN(CC(C(=O)NN)c2ccccc2)CCO1. The number of hydrogen-bond acceptors (Lipinski definition) is 4. The maximum atomic E-state index is 12.0. The van der Waals surface area contributed by atoms with Crippen LogP contribution in [-0.2, 0) is 9.53 Å². The summed E-state index contributed by atoms with van der Waals surface area (Å²) in [7, 11) is 0. The molecule has 1 aromatic carbocycles. The molecular weight excluding hydrogens is 242 g/mol. The van der Waals surface area contributed by atoms with Crippen molar-refractivity contribution in [1.29, 1.82) is 0 Å². The molecule has 5 heteroatoms. The minimum atomic E-state index is -0.239. The Labute approximate surface area is 113 Å². The van der Waals surface area contributed by atoms with E-state index in [1.807, 2.05) is 37.3 Å². The number of amides is 1. The summed E-state index contributed by atoms with van der Waals surface area (Å²) in [5, 5.41) is 0. The van der Waals surface area contributed by atoms with Crippen LogP contribution in [-0.4, -0.2) is 43.2 Å². The van der Waals surface area contributed by atoms with E-state index in [1.54, 1.807) is 0 Å². The van der Waals surface area contributed by atoms with Crippen molar-refractivity contribution in [2.24, 2.45) is 5.84 Å². The Kier molecular flexibility index (Phi) is 4.90. The zero-order valence-electron chi connectivity index (χ0n) is 11.2. The van der Waals surface area contributed by atoms with Gasteiger partial charge in [0.1, 0.15) is 0 Å². The average Bonchev–Trinajstić information content (AvgIpc) is 2.45. The molecule has 2 rings (SSSR count). The molecule has 0 spiro atoms. The van der Waals surface area contributed by atoms with Crippen molar-refractivity contribution in [1.82, 2.24) is 10.3 Å². The number of carbonyl (C=O) groups excluding carboxylic acids is 1. The van der Waals surface area contributed by atoms with Gasteiger partial charge < -0.3 is 4.74 Å². The Morgan fingerprint density at radius 1 is 1.53 bits per heavy atom. The van der Waals surface area contributed by atoms with Crippen molar-refractivity contribution < 1.29 is 9.53 Å². The van der Waals surface area contributed by atoms with E-state index in [0.29, 0.717) is 13.2 Å². The first-order valence-electron chi connectivity index (χ1n) is 6.60. The average molecular weight is 263 g/mol. The van der Waals surface area contributed by atoms with E-state index in [-0.39, 0.29) is 17.9 Å². The predicted molar refractivity (Wildman–Crippen MR) is 73.4 cm³/mol. The number of nitrogens with two attached hydrogens (primary N) is 1. The van der Waals surface area contributed by atoms with Crippen LogP contribution in [0, 0.1) is 0 Å². The van der Waals surface area contributed by atoms with Crippen LogP contribution in [0.2, 0.25) is 0 Å². The standard InChI is InChI=1S/C14H21N3O2/c1-11-9-17(7-8-19-11)10-13(14(18)16-15)12-5-3-2-4-6-12/h2-6,11,13H,7-10,15H2,1H3,(H,16,18). The quantitative estimate of drug-likeness (QED) is 0.471. The Hall–Kier alpha value is -1.43. The number of carbonyl (C=O) groups is 1. The molecule has 1 aliphatic rings. The van der Waals surface area contributed by atoms with Gasteiger partial charge in [-0.25, -0.2) is 5.84 Å². The highest BCUT2D eigenvalue weighted by Gasteiger charge is 2.25. The topological polar surface area (TPSA) is 67.6 Å². The lowest BCUT2D eigenvalue weighted by Gasteiger charge is -2.33. The third-order valence-electron chi connectivity index (χ3n) is 3.43. The molecule has 2 atom stereocenters. The van der Waals surface area contributed by atoms with Gasteiger partial charge in [-0.15, -0.1) is 0 Å². The molecule has 3 N–H and O–H groups in total. The summed E-state index contributed by atoms with van der Waals surface area (Å²) in [6.07, 6.45) is 0.214. The molecule has 0 aliphatic carbocycles. The van der Waals surface area contributed by atoms with Crippen LogP contribution >= 0.6 is 0 Å². The van der Waals surface area contributed by atoms with Crippen LogP contribution in [0.4, 0.5) is 0 Å². The molecule has 0 saturated carbocycles. The van der Waals surface area contributed by atoms with Gasteiger partial charge in [0.2, 0.25) is 5.91 Å². The highest BCUT2D eigenvalue weighted by atomic mass is 16.5. The number of hydrogen-bond donors (Lipinski definition) is 2. The smallest absolute Gasteiger partial charge is 0.242 e. The van der Waals surface area contributed by atoms with Crippen LogP contribution in [0.5, 0.6) is 0 Å². The van der Waals surface area contributed by atoms with Crippen molar-refractivity contribution in [3.8, 4) is 0 Å². The molecule has 0 radical (unpaired) electrons. The Morgan fingerprint density at radius 3 is 2.89 bits per heavy atom. The van der Waals surface area contributed by atoms with Crippen molar-refractivity contribution in [2.75, 3.05) is 26.2 Å². The molecule has 1 fully saturated rings. The van der Waals surface area contributed by atoms with Gasteiger partial charge in [-0.1, -0.05) is 30.3 Å². The zero-order valence-corrected chi connectivity index (χ0v) is 11.2. The molecule has 1 heterocycles. The molecule has 1 amide bonds. The summed E-state index contributed by atoms with van der Waals surface area (Å²) in [6.45, 7) is 5.13. The second-order valence-electron chi connectivity index (χ2n) is 4.91. The van der Waals surface area contributed by atoms with Gasteiger partial charge >= 0.3 is 0 Å². The van der Waals surface area contributed by atoms with Crippen LogP contribution in [0.3, 0.4) is 0 Å². The Bertz CT molecular complexity index is 410. The second kappa shape index (κ2) is 6.65. The van der Waals surface area contributed by atoms with Crippen molar-refractivity contribution >= 4 is 5.91 Å². The number of ether oxygens (including phenoxy) is 1. The summed E-state index contributed by atoms with van der Waals surface area (Å²) >= 11 is 0. The number of nitrogens with zero attached hydrogens (tertiary/aromatic N) is 1. The van der Waals surface area contributed by atoms with E-state index in [2.05, 4.69) is 10.3 Å². The monoisotopic (exact) mass is 263 g/mol. The van der Waals surface area contributed by atoms with Gasteiger partial charge in [0, 0.05) is 19.6 Å². The fourth-order valence-electron chi connectivity index (χ4n) is 2.44. The first kappa shape index (κ1) is 14.0. The summed E-state index contributed by atoms with van der Waals surface area (Å²) in [6, 6.07) is 9.74. The fraction of sp³-hybridized carbons (Fsp3) is 0.500. The maximum Gasteiger partial charge on any atom is 0.242 e. The third kappa shape index (κ3) is 3.76. The van der Waals surface area contributed by atoms with Crippen LogP contribution in [0.1, 0.15) is 18.4 Å². The minimum Gasteiger partial charge on any atom is -0.376 e. The van der Waals surface area contributed by atoms with Gasteiger partial charge in [-0.2, -0.15) is 0 Å². The van der Waals surface area contributed by atoms with Crippen molar-refractivity contribution in [2.45, 2.75) is 18.9 Å². The summed E-state index contributed by atoms with van der Waals surface area (Å²) in [4.78, 5) is 14.2. The maximum absolute atomic E-state index is 12.0. The second-order valence-corrected chi connectivity index (χ2v) is 4.91. The van der Waals surface area contributed by atoms with Gasteiger partial charge in [-0.05, 0) is 12.5 Å². The number of nitrogens with one attached hydrogen (secondary N) is 1. The number of benzene rings is 1. The van der Waals surface area contributed by atoms with Gasteiger partial charge in [-0.3, -0.25) is 15.1 Å². The largest absolute Gasteiger partial charge is 0.376 e. The van der Waals surface area contributed by atoms with E-state index >= 15 is 0 Å². The highest BCUT2D eigenvalue weighted by molar-refractivity contribution is 5.83. The number of morpholine rings is 1. The number of hydrazine groups is 1. The van der Waals surface area contributed by atoms with Gasteiger partial charge in [0.25, 0.3) is 0 Å². The summed E-state index contributed by atoms with van der Waals surface area (Å²) in [5.74, 6) is 4.91. The van der Waals surface area contributed by atoms with E-state index in [4.69, 9.17) is 10.6 Å². The molecular formula is C14H21N3O2. The number of rotatable bonds is 4. The molecule has 0 bridgehead atoms. The van der Waals surface area contributed by atoms with Crippen molar-refractivity contribution in [3.63, 3.8) is 0 Å². The molecule has 5 nitrogen and oxygen atoms in total. The lowest BCUT2D eigenvalue weighted by atomic mass is 9.97. The zero-order chi connectivity index (χ0) is 13.7. The normalized spacial score (nSPS) is 21.9. The van der Waals surface area contributed by atoms with Crippen LogP contribution in [0.25, 0.3) is 0 Å². The molecule has 1 saturated heterocycles. The first-order valence-corrected chi connectivity index (χ1v) is 6.60. The third-order valence-corrected chi connectivity index (χ3v) is 3.43. The molecule has 0 aromatic heterocycles. The summed E-state index contributed by atoms with van der Waals surface area (Å²) < 4.78 is 5.52. The van der Waals surface area contributed by atoms with Gasteiger partial charge in [0.05, 0.1) is 18.6 Å². The van der Waals surface area contributed by atoms with E-state index in [1.165, 1.54) is 0 Å². The van der Waals surface area contributed by atoms with E-state index in [0.717, 1.165) is 18.7 Å². The van der Waals surface area contributed by atoms with E-state index < -0.39 is 0 Å². The Balaban J connectivity index is 2.08. The fourth-order valence-corrected chi connectivity index (χ4v) is 2.44. The predicted octanol–water partition coefficient (Wildman–Crippen LogP) is 0.481. The molecule has 19 heavy (non-hydrogen) atoms. The molecule has 2 unspecified atom stereocenters. The van der Waals surface area contributed by atoms with Gasteiger partial charge in [0.15, 0.2) is 0 Å². The summed E-state index contributed by atoms with van der Waals surface area (Å²) in [5.41, 5.74) is 3.26. The van der Waals surface area contributed by atoms with E-state index in [9.17, 15) is 4.79 Å². The molecule has 1 aromatic rings. The first-order chi connectivity index (χ1) is 9.20. The van der Waals surface area contributed by atoms with Crippen molar-refractivity contribution in [3.05, 3.63) is 35.9 Å². The minimum absolute atomic E-state index is 0.148. The lowest BCUT2D eigenvalue weighted by molar-refractivity contribution is -0.123. The molecule has 104 valence electrons. The van der Waals surface area contributed by atoms with Crippen LogP contribution < -0.4 is 11.3 Å². The highest BCUT2D eigenvalue weighted by Crippen LogP contribution is 2.18. The Morgan fingerprint density at radius 2 is 2.26 bits per heavy atom. The molecule has 1 aliphatic heterocycles. The lowest BCUT2D eigenvalue weighted by Crippen LogP contribution is -2.46.